The minimum Gasteiger partial charge on any atom is -0.496 e. The summed E-state index contributed by atoms with van der Waals surface area (Å²) in [7, 11) is 1.68. The van der Waals surface area contributed by atoms with Gasteiger partial charge in [0.1, 0.15) is 5.75 Å². The van der Waals surface area contributed by atoms with Gasteiger partial charge in [0.15, 0.2) is 0 Å². The van der Waals surface area contributed by atoms with Crippen LogP contribution in [0.1, 0.15) is 40.9 Å². The summed E-state index contributed by atoms with van der Waals surface area (Å²) in [5.41, 5.74) is 5.39. The number of alkyl halides is 1. The first-order valence-electron chi connectivity index (χ1n) is 7.19. The van der Waals surface area contributed by atoms with Gasteiger partial charge >= 0.3 is 0 Å². The van der Waals surface area contributed by atoms with Crippen molar-refractivity contribution in [1.82, 2.24) is 0 Å². The molecule has 0 N–H and O–H groups in total. The lowest BCUT2D eigenvalue weighted by molar-refractivity contribution is 0.412. The second-order valence-electron chi connectivity index (χ2n) is 4.99. The van der Waals surface area contributed by atoms with E-state index in [-0.39, 0.29) is 4.83 Å². The molecule has 0 aliphatic heterocycles. The normalized spacial score (nSPS) is 12.2. The number of halogens is 2. The summed E-state index contributed by atoms with van der Waals surface area (Å²) < 4.78 is 6.27. The molecule has 0 aromatic heterocycles. The van der Waals surface area contributed by atoms with Crippen LogP contribution in [0.4, 0.5) is 0 Å². The molecule has 1 atom stereocenters. The van der Waals surface area contributed by atoms with E-state index in [0.29, 0.717) is 0 Å². The van der Waals surface area contributed by atoms with E-state index in [1.807, 2.05) is 6.07 Å². The number of hydrogen-bond acceptors (Lipinski definition) is 1. The van der Waals surface area contributed by atoms with Crippen molar-refractivity contribution in [1.29, 1.82) is 0 Å². The highest BCUT2D eigenvalue weighted by Crippen LogP contribution is 2.36. The van der Waals surface area contributed by atoms with E-state index in [1.165, 1.54) is 22.3 Å². The van der Waals surface area contributed by atoms with Crippen molar-refractivity contribution in [3.8, 4) is 5.75 Å². The molecule has 0 saturated carbocycles. The molecule has 2 rings (SSSR count). The van der Waals surface area contributed by atoms with Gasteiger partial charge in [-0.05, 0) is 63.2 Å². The fraction of sp³-hybridized carbons (Fsp3) is 0.333. The molecule has 1 nitrogen and oxygen atoms in total. The van der Waals surface area contributed by atoms with Crippen LogP contribution in [-0.2, 0) is 12.8 Å². The molecule has 3 heteroatoms. The summed E-state index contributed by atoms with van der Waals surface area (Å²) in [6, 6.07) is 13.0. The van der Waals surface area contributed by atoms with Gasteiger partial charge in [-0.15, -0.1) is 0 Å². The van der Waals surface area contributed by atoms with Gasteiger partial charge in [0.25, 0.3) is 0 Å². The Morgan fingerprint density at radius 2 is 1.57 bits per heavy atom. The van der Waals surface area contributed by atoms with E-state index in [0.717, 1.165) is 23.1 Å². The number of rotatable bonds is 5. The van der Waals surface area contributed by atoms with Crippen LogP contribution in [0.2, 0.25) is 0 Å². The summed E-state index contributed by atoms with van der Waals surface area (Å²) in [6.07, 6.45) is 2.16. The zero-order chi connectivity index (χ0) is 15.4. The lowest BCUT2D eigenvalue weighted by Crippen LogP contribution is -1.98. The Balaban J connectivity index is 2.35. The van der Waals surface area contributed by atoms with Crippen LogP contribution < -0.4 is 4.74 Å². The van der Waals surface area contributed by atoms with E-state index in [1.54, 1.807) is 7.11 Å². The van der Waals surface area contributed by atoms with Gasteiger partial charge in [-0.3, -0.25) is 0 Å². The van der Waals surface area contributed by atoms with E-state index >= 15 is 0 Å². The van der Waals surface area contributed by atoms with Crippen LogP contribution >= 0.6 is 31.9 Å². The Hall–Kier alpha value is -0.800. The molecule has 0 fully saturated rings. The third-order valence-electron chi connectivity index (χ3n) is 3.75. The van der Waals surface area contributed by atoms with Crippen LogP contribution in [-0.4, -0.2) is 7.11 Å². The molecule has 112 valence electrons. The molecule has 0 aliphatic carbocycles. The quantitative estimate of drug-likeness (QED) is 0.542. The molecule has 0 aliphatic rings. The average molecular weight is 412 g/mol. The molecule has 0 spiro atoms. The van der Waals surface area contributed by atoms with Gasteiger partial charge in [-0.1, -0.05) is 54.0 Å². The van der Waals surface area contributed by atoms with Crippen molar-refractivity contribution in [3.05, 3.63) is 63.1 Å². The van der Waals surface area contributed by atoms with Crippen LogP contribution in [0.25, 0.3) is 0 Å². The molecular formula is C18H20Br2O. The maximum absolute atomic E-state index is 5.29. The zero-order valence-corrected chi connectivity index (χ0v) is 15.8. The van der Waals surface area contributed by atoms with Gasteiger partial charge in [0.05, 0.1) is 16.4 Å². The summed E-state index contributed by atoms with van der Waals surface area (Å²) in [5.74, 6) is 0.856. The first-order chi connectivity index (χ1) is 10.1. The Kier molecular flexibility index (Phi) is 5.88. The molecular weight excluding hydrogens is 392 g/mol. The Bertz CT molecular complexity index is 623. The summed E-state index contributed by atoms with van der Waals surface area (Å²) in [6.45, 7) is 4.42. The molecule has 0 amide bonds. The van der Waals surface area contributed by atoms with Crippen LogP contribution in [0.5, 0.6) is 5.75 Å². The zero-order valence-electron chi connectivity index (χ0n) is 12.6. The van der Waals surface area contributed by atoms with E-state index in [4.69, 9.17) is 4.74 Å². The molecule has 0 saturated heterocycles. The fourth-order valence-corrected chi connectivity index (χ4v) is 3.64. The number of aryl methyl sites for hydroxylation is 2. The van der Waals surface area contributed by atoms with Gasteiger partial charge in [0.2, 0.25) is 0 Å². The van der Waals surface area contributed by atoms with Crippen molar-refractivity contribution < 1.29 is 4.74 Å². The molecule has 0 bridgehead atoms. The first-order valence-corrected chi connectivity index (χ1v) is 8.90. The Morgan fingerprint density at radius 1 is 0.952 bits per heavy atom. The van der Waals surface area contributed by atoms with E-state index in [2.05, 4.69) is 76.0 Å². The van der Waals surface area contributed by atoms with Gasteiger partial charge in [-0.2, -0.15) is 0 Å². The molecule has 1 unspecified atom stereocenters. The SMILES string of the molecule is CCc1ccc(C(Br)c2ccc(OC)c(Br)c2)cc1CC. The van der Waals surface area contributed by atoms with Crippen molar-refractivity contribution in [3.63, 3.8) is 0 Å². The molecule has 2 aromatic rings. The highest BCUT2D eigenvalue weighted by molar-refractivity contribution is 9.10. The van der Waals surface area contributed by atoms with Crippen molar-refractivity contribution >= 4 is 31.9 Å². The minimum absolute atomic E-state index is 0.191. The van der Waals surface area contributed by atoms with Crippen molar-refractivity contribution in [2.24, 2.45) is 0 Å². The number of benzene rings is 2. The van der Waals surface area contributed by atoms with Crippen LogP contribution in [0, 0.1) is 0 Å². The number of ether oxygens (including phenoxy) is 1. The van der Waals surface area contributed by atoms with Crippen molar-refractivity contribution in [2.75, 3.05) is 7.11 Å². The van der Waals surface area contributed by atoms with Gasteiger partial charge in [0, 0.05) is 0 Å². The Morgan fingerprint density at radius 3 is 2.14 bits per heavy atom. The lowest BCUT2D eigenvalue weighted by Gasteiger charge is -2.15. The largest absolute Gasteiger partial charge is 0.496 e. The minimum atomic E-state index is 0.191. The van der Waals surface area contributed by atoms with E-state index < -0.39 is 0 Å². The molecule has 0 radical (unpaired) electrons. The highest BCUT2D eigenvalue weighted by Gasteiger charge is 2.13. The summed E-state index contributed by atoms with van der Waals surface area (Å²) in [4.78, 5) is 0.191. The summed E-state index contributed by atoms with van der Waals surface area (Å²) in [5, 5.41) is 0. The standard InChI is InChI=1S/C18H20Br2O/c1-4-12-6-7-14(10-13(12)5-2)18(20)15-8-9-17(21-3)16(19)11-15/h6-11,18H,4-5H2,1-3H3. The predicted molar refractivity (Wildman–Crippen MR) is 96.7 cm³/mol. The number of hydrogen-bond donors (Lipinski definition) is 0. The second kappa shape index (κ2) is 7.46. The lowest BCUT2D eigenvalue weighted by atomic mass is 9.96. The molecule has 2 aromatic carbocycles. The maximum atomic E-state index is 5.29. The third-order valence-corrected chi connectivity index (χ3v) is 5.43. The van der Waals surface area contributed by atoms with Crippen molar-refractivity contribution in [2.45, 2.75) is 31.5 Å². The third kappa shape index (κ3) is 3.70. The highest BCUT2D eigenvalue weighted by atomic mass is 79.9. The molecule has 21 heavy (non-hydrogen) atoms. The topological polar surface area (TPSA) is 9.23 Å². The monoisotopic (exact) mass is 410 g/mol. The smallest absolute Gasteiger partial charge is 0.133 e. The first kappa shape index (κ1) is 16.6. The van der Waals surface area contributed by atoms with E-state index in [9.17, 15) is 0 Å². The van der Waals surface area contributed by atoms with Gasteiger partial charge < -0.3 is 4.74 Å². The second-order valence-corrected chi connectivity index (χ2v) is 6.76. The van der Waals surface area contributed by atoms with Crippen LogP contribution in [0.3, 0.4) is 0 Å². The maximum Gasteiger partial charge on any atom is 0.133 e. The molecule has 0 heterocycles. The Labute approximate surface area is 144 Å². The number of methoxy groups -OCH3 is 1. The summed E-state index contributed by atoms with van der Waals surface area (Å²) >= 11 is 7.38. The fourth-order valence-electron chi connectivity index (χ4n) is 2.51. The van der Waals surface area contributed by atoms with Gasteiger partial charge in [-0.25, -0.2) is 0 Å². The predicted octanol–water partition coefficient (Wildman–Crippen LogP) is 6.07. The average Bonchev–Trinajstić information content (AvgIpc) is 2.53. The van der Waals surface area contributed by atoms with Crippen LogP contribution in [0.15, 0.2) is 40.9 Å².